The first-order valence-corrected chi connectivity index (χ1v) is 5.96. The van der Waals surface area contributed by atoms with Crippen LogP contribution in [-0.4, -0.2) is 16.3 Å². The molecule has 16 heavy (non-hydrogen) atoms. The van der Waals surface area contributed by atoms with Gasteiger partial charge in [0.15, 0.2) is 0 Å². The lowest BCUT2D eigenvalue weighted by molar-refractivity contribution is 0.480. The molecule has 0 aromatic carbocycles. The molecule has 0 amide bonds. The molecule has 5 heteroatoms. The number of rotatable bonds is 5. The fraction of sp³-hybridized carbons (Fsp3) is 0.364. The summed E-state index contributed by atoms with van der Waals surface area (Å²) < 4.78 is 8.21. The molecule has 0 aliphatic rings. The Labute approximate surface area is 103 Å². The zero-order chi connectivity index (χ0) is 11.4. The first-order chi connectivity index (χ1) is 7.77. The maximum atomic E-state index is 5.30. The maximum Gasteiger partial charge on any atom is 0.131 e. The van der Waals surface area contributed by atoms with Gasteiger partial charge in [0.1, 0.15) is 5.76 Å². The van der Waals surface area contributed by atoms with E-state index in [1.807, 2.05) is 30.1 Å². The lowest BCUT2D eigenvalue weighted by Gasteiger charge is -2.03. The Bertz CT molecular complexity index is 407. The van der Waals surface area contributed by atoms with Gasteiger partial charge in [-0.1, -0.05) is 0 Å². The molecule has 86 valence electrons. The van der Waals surface area contributed by atoms with E-state index in [0.29, 0.717) is 0 Å². The molecule has 2 rings (SSSR count). The van der Waals surface area contributed by atoms with Crippen LogP contribution in [0.3, 0.4) is 0 Å². The minimum Gasteiger partial charge on any atom is -0.467 e. The third-order valence-electron chi connectivity index (χ3n) is 2.46. The monoisotopic (exact) mass is 283 g/mol. The number of furan rings is 1. The summed E-state index contributed by atoms with van der Waals surface area (Å²) in [6, 6.07) is 3.93. The van der Waals surface area contributed by atoms with Crippen LogP contribution >= 0.6 is 15.9 Å². The fourth-order valence-electron chi connectivity index (χ4n) is 1.52. The second kappa shape index (κ2) is 5.32. The quantitative estimate of drug-likeness (QED) is 0.855. The predicted octanol–water partition coefficient (Wildman–Crippen LogP) is 2.11. The van der Waals surface area contributed by atoms with E-state index in [0.717, 1.165) is 29.7 Å². The Morgan fingerprint density at radius 3 is 3.00 bits per heavy atom. The van der Waals surface area contributed by atoms with Crippen LogP contribution in [-0.2, 0) is 20.0 Å². The van der Waals surface area contributed by atoms with Gasteiger partial charge < -0.3 is 9.73 Å². The van der Waals surface area contributed by atoms with Crippen molar-refractivity contribution in [1.82, 2.24) is 15.1 Å². The third kappa shape index (κ3) is 2.74. The normalized spacial score (nSPS) is 10.9. The second-order valence-corrected chi connectivity index (χ2v) is 4.42. The summed E-state index contributed by atoms with van der Waals surface area (Å²) in [4.78, 5) is 0. The standard InChI is InChI=1S/C11H14BrN3O/c1-15-9(3-6-14-15)2-5-13-8-11-10(12)4-7-16-11/h3-4,6-7,13H,2,5,8H2,1H3. The van der Waals surface area contributed by atoms with Gasteiger partial charge in [0, 0.05) is 31.9 Å². The Morgan fingerprint density at radius 1 is 1.50 bits per heavy atom. The van der Waals surface area contributed by atoms with Crippen molar-refractivity contribution in [3.63, 3.8) is 0 Å². The van der Waals surface area contributed by atoms with Gasteiger partial charge in [0.25, 0.3) is 0 Å². The molecule has 0 aliphatic heterocycles. The summed E-state index contributed by atoms with van der Waals surface area (Å²) >= 11 is 3.42. The van der Waals surface area contributed by atoms with Gasteiger partial charge in [-0.25, -0.2) is 0 Å². The number of halogens is 1. The smallest absolute Gasteiger partial charge is 0.131 e. The summed E-state index contributed by atoms with van der Waals surface area (Å²) in [6.45, 7) is 1.65. The van der Waals surface area contributed by atoms with Crippen LogP contribution in [0.15, 0.2) is 33.5 Å². The zero-order valence-electron chi connectivity index (χ0n) is 9.11. The van der Waals surface area contributed by atoms with Gasteiger partial charge >= 0.3 is 0 Å². The van der Waals surface area contributed by atoms with E-state index >= 15 is 0 Å². The van der Waals surface area contributed by atoms with Crippen LogP contribution < -0.4 is 5.32 Å². The van der Waals surface area contributed by atoms with Crippen molar-refractivity contribution in [2.75, 3.05) is 6.54 Å². The van der Waals surface area contributed by atoms with Crippen molar-refractivity contribution in [2.24, 2.45) is 7.05 Å². The topological polar surface area (TPSA) is 43.0 Å². The summed E-state index contributed by atoms with van der Waals surface area (Å²) in [5.41, 5.74) is 1.23. The van der Waals surface area contributed by atoms with Crippen molar-refractivity contribution in [3.8, 4) is 0 Å². The Balaban J connectivity index is 1.74. The molecule has 1 N–H and O–H groups in total. The number of hydrogen-bond acceptors (Lipinski definition) is 3. The lowest BCUT2D eigenvalue weighted by atomic mass is 10.3. The van der Waals surface area contributed by atoms with Crippen LogP contribution in [0.5, 0.6) is 0 Å². The highest BCUT2D eigenvalue weighted by atomic mass is 79.9. The van der Waals surface area contributed by atoms with Crippen molar-refractivity contribution in [2.45, 2.75) is 13.0 Å². The molecular weight excluding hydrogens is 270 g/mol. The first-order valence-electron chi connectivity index (χ1n) is 5.17. The summed E-state index contributed by atoms with van der Waals surface area (Å²) in [5, 5.41) is 7.45. The minimum absolute atomic E-state index is 0.742. The molecule has 2 aromatic rings. The molecule has 0 saturated heterocycles. The van der Waals surface area contributed by atoms with E-state index in [4.69, 9.17) is 4.42 Å². The van der Waals surface area contributed by atoms with Crippen molar-refractivity contribution in [3.05, 3.63) is 40.5 Å². The van der Waals surface area contributed by atoms with Gasteiger partial charge in [-0.3, -0.25) is 4.68 Å². The molecule has 0 fully saturated rings. The summed E-state index contributed by atoms with van der Waals surface area (Å²) in [5.74, 6) is 0.935. The zero-order valence-corrected chi connectivity index (χ0v) is 10.7. The largest absolute Gasteiger partial charge is 0.467 e. The molecule has 0 unspecified atom stereocenters. The van der Waals surface area contributed by atoms with Gasteiger partial charge in [-0.15, -0.1) is 0 Å². The number of aryl methyl sites for hydroxylation is 1. The van der Waals surface area contributed by atoms with Crippen molar-refractivity contribution in [1.29, 1.82) is 0 Å². The molecule has 2 heterocycles. The summed E-state index contributed by atoms with van der Waals surface area (Å²) in [6.07, 6.45) is 4.47. The average molecular weight is 284 g/mol. The van der Waals surface area contributed by atoms with E-state index in [1.54, 1.807) is 6.26 Å². The van der Waals surface area contributed by atoms with Gasteiger partial charge in [0.2, 0.25) is 0 Å². The Hall–Kier alpha value is -1.07. The van der Waals surface area contributed by atoms with E-state index in [9.17, 15) is 0 Å². The molecule has 0 aliphatic carbocycles. The Morgan fingerprint density at radius 2 is 2.38 bits per heavy atom. The maximum absolute atomic E-state index is 5.30. The average Bonchev–Trinajstić information content (AvgIpc) is 2.84. The van der Waals surface area contributed by atoms with Gasteiger partial charge in [0.05, 0.1) is 17.3 Å². The molecule has 0 atom stereocenters. The number of aromatic nitrogens is 2. The third-order valence-corrected chi connectivity index (χ3v) is 3.16. The number of nitrogens with one attached hydrogen (secondary N) is 1. The van der Waals surface area contributed by atoms with Crippen molar-refractivity contribution < 1.29 is 4.42 Å². The van der Waals surface area contributed by atoms with Crippen LogP contribution in [0, 0.1) is 0 Å². The van der Waals surface area contributed by atoms with Gasteiger partial charge in [-0.05, 0) is 28.1 Å². The SMILES string of the molecule is Cn1nccc1CCNCc1occc1Br. The highest BCUT2D eigenvalue weighted by Crippen LogP contribution is 2.16. The molecule has 2 aromatic heterocycles. The molecule has 0 saturated carbocycles. The van der Waals surface area contributed by atoms with Crippen LogP contribution in [0.25, 0.3) is 0 Å². The molecular formula is C11H14BrN3O. The van der Waals surface area contributed by atoms with E-state index in [2.05, 4.69) is 26.3 Å². The second-order valence-electron chi connectivity index (χ2n) is 3.56. The van der Waals surface area contributed by atoms with Crippen LogP contribution in [0.4, 0.5) is 0 Å². The molecule has 0 bridgehead atoms. The number of hydrogen-bond donors (Lipinski definition) is 1. The lowest BCUT2D eigenvalue weighted by Crippen LogP contribution is -2.17. The molecule has 0 radical (unpaired) electrons. The van der Waals surface area contributed by atoms with E-state index in [-0.39, 0.29) is 0 Å². The van der Waals surface area contributed by atoms with Crippen molar-refractivity contribution >= 4 is 15.9 Å². The van der Waals surface area contributed by atoms with Crippen LogP contribution in [0.1, 0.15) is 11.5 Å². The first kappa shape index (κ1) is 11.4. The van der Waals surface area contributed by atoms with E-state index in [1.165, 1.54) is 5.69 Å². The Kier molecular flexibility index (Phi) is 3.79. The highest BCUT2D eigenvalue weighted by Gasteiger charge is 2.02. The summed E-state index contributed by atoms with van der Waals surface area (Å²) in [7, 11) is 1.96. The predicted molar refractivity (Wildman–Crippen MR) is 65.0 cm³/mol. The van der Waals surface area contributed by atoms with Crippen LogP contribution in [0.2, 0.25) is 0 Å². The highest BCUT2D eigenvalue weighted by molar-refractivity contribution is 9.10. The fourth-order valence-corrected chi connectivity index (χ4v) is 1.86. The minimum atomic E-state index is 0.742. The van der Waals surface area contributed by atoms with Gasteiger partial charge in [-0.2, -0.15) is 5.10 Å². The van der Waals surface area contributed by atoms with E-state index < -0.39 is 0 Å². The molecule has 0 spiro atoms. The number of nitrogens with zero attached hydrogens (tertiary/aromatic N) is 2. The molecule has 4 nitrogen and oxygen atoms in total.